The summed E-state index contributed by atoms with van der Waals surface area (Å²) in [6.07, 6.45) is 1.15. The molecule has 2 heteroatoms. The summed E-state index contributed by atoms with van der Waals surface area (Å²) in [6, 6.07) is 17.6. The van der Waals surface area contributed by atoms with Gasteiger partial charge in [-0.3, -0.25) is 0 Å². The van der Waals surface area contributed by atoms with Gasteiger partial charge in [-0.15, -0.1) is 0 Å². The third-order valence-electron chi connectivity index (χ3n) is 3.89. The summed E-state index contributed by atoms with van der Waals surface area (Å²) < 4.78 is 0. The van der Waals surface area contributed by atoms with E-state index in [0.29, 0.717) is 6.04 Å². The Morgan fingerprint density at radius 2 is 1.89 bits per heavy atom. The minimum absolute atomic E-state index is 0.332. The minimum atomic E-state index is 0.332. The molecule has 0 bridgehead atoms. The summed E-state index contributed by atoms with van der Waals surface area (Å²) in [6.45, 7) is 3.34. The molecular weight excluding hydrogens is 232 g/mol. The lowest BCUT2D eigenvalue weighted by molar-refractivity contribution is 0.884. The molecule has 0 spiro atoms. The maximum absolute atomic E-state index is 3.58. The molecule has 1 N–H and O–H groups in total. The number of likely N-dealkylation sites (N-methyl/N-ethyl adjacent to an activating group) is 1. The van der Waals surface area contributed by atoms with Crippen LogP contribution >= 0.6 is 0 Å². The average molecular weight is 252 g/mol. The summed E-state index contributed by atoms with van der Waals surface area (Å²) in [7, 11) is 2.16. The lowest BCUT2D eigenvalue weighted by Gasteiger charge is -2.17. The molecule has 0 saturated heterocycles. The lowest BCUT2D eigenvalue weighted by atomic mass is 10.1. The van der Waals surface area contributed by atoms with Gasteiger partial charge in [0.05, 0.1) is 0 Å². The van der Waals surface area contributed by atoms with Crippen molar-refractivity contribution in [1.29, 1.82) is 0 Å². The molecule has 0 aliphatic carbocycles. The van der Waals surface area contributed by atoms with Gasteiger partial charge in [-0.25, -0.2) is 0 Å². The molecule has 0 fully saturated rings. The van der Waals surface area contributed by atoms with Crippen LogP contribution in [0.2, 0.25) is 0 Å². The van der Waals surface area contributed by atoms with E-state index in [1.165, 1.54) is 22.5 Å². The second-order valence-corrected chi connectivity index (χ2v) is 5.29. The van der Waals surface area contributed by atoms with Crippen molar-refractivity contribution in [3.8, 4) is 0 Å². The highest BCUT2D eigenvalue weighted by Gasteiger charge is 2.16. The summed E-state index contributed by atoms with van der Waals surface area (Å²) in [5, 5.41) is 3.58. The molecule has 1 aliphatic heterocycles. The van der Waals surface area contributed by atoms with Crippen molar-refractivity contribution < 1.29 is 0 Å². The highest BCUT2D eigenvalue weighted by molar-refractivity contribution is 5.64. The van der Waals surface area contributed by atoms with Crippen molar-refractivity contribution in [2.45, 2.75) is 19.4 Å². The number of hydrogen-bond donors (Lipinski definition) is 1. The van der Waals surface area contributed by atoms with E-state index in [9.17, 15) is 0 Å². The second-order valence-electron chi connectivity index (χ2n) is 5.29. The normalized spacial score (nSPS) is 15.2. The zero-order valence-corrected chi connectivity index (χ0v) is 11.6. The Morgan fingerprint density at radius 1 is 1.11 bits per heavy atom. The Kier molecular flexibility index (Phi) is 3.16. The third-order valence-corrected chi connectivity index (χ3v) is 3.89. The molecule has 1 unspecified atom stereocenters. The summed E-state index contributed by atoms with van der Waals surface area (Å²) in [4.78, 5) is 2.32. The predicted molar refractivity (Wildman–Crippen MR) is 81.9 cm³/mol. The van der Waals surface area contributed by atoms with Gasteiger partial charge in [-0.1, -0.05) is 30.3 Å². The Bertz CT molecular complexity index is 563. The van der Waals surface area contributed by atoms with E-state index in [1.807, 2.05) is 0 Å². The van der Waals surface area contributed by atoms with E-state index in [4.69, 9.17) is 0 Å². The molecule has 1 heterocycles. The molecular formula is C17H20N2. The Morgan fingerprint density at radius 3 is 2.68 bits per heavy atom. The van der Waals surface area contributed by atoms with Crippen molar-refractivity contribution >= 4 is 11.4 Å². The molecule has 3 rings (SSSR count). The molecule has 98 valence electrons. The topological polar surface area (TPSA) is 15.3 Å². The summed E-state index contributed by atoms with van der Waals surface area (Å²) in [5.74, 6) is 0. The Balaban J connectivity index is 1.77. The Hall–Kier alpha value is -1.96. The van der Waals surface area contributed by atoms with E-state index in [2.05, 4.69) is 72.7 Å². The van der Waals surface area contributed by atoms with E-state index < -0.39 is 0 Å². The first kappa shape index (κ1) is 12.1. The first-order chi connectivity index (χ1) is 9.24. The maximum Gasteiger partial charge on any atom is 0.0485 e. The van der Waals surface area contributed by atoms with Crippen LogP contribution < -0.4 is 10.2 Å². The van der Waals surface area contributed by atoms with Crippen molar-refractivity contribution in [2.75, 3.05) is 23.8 Å². The van der Waals surface area contributed by atoms with Gasteiger partial charge in [-0.2, -0.15) is 0 Å². The minimum Gasteiger partial charge on any atom is -0.379 e. The van der Waals surface area contributed by atoms with Crippen LogP contribution in [0, 0.1) is 0 Å². The lowest BCUT2D eigenvalue weighted by Crippen LogP contribution is -2.12. The molecule has 2 aromatic rings. The molecule has 1 aliphatic rings. The summed E-state index contributed by atoms with van der Waals surface area (Å²) >= 11 is 0. The standard InChI is InChI=1S/C17H20N2/c1-13(14-6-4-3-5-7-14)18-16-8-9-17-15(12-16)10-11-19(17)2/h3-9,12-13,18H,10-11H2,1-2H3. The fraction of sp³-hybridized carbons (Fsp3) is 0.294. The number of anilines is 2. The Labute approximate surface area is 115 Å². The fourth-order valence-electron chi connectivity index (χ4n) is 2.73. The van der Waals surface area contributed by atoms with Crippen LogP contribution in [-0.2, 0) is 6.42 Å². The first-order valence-electron chi connectivity index (χ1n) is 6.89. The molecule has 0 amide bonds. The van der Waals surface area contributed by atoms with Gasteiger partial charge in [0, 0.05) is 31.0 Å². The van der Waals surface area contributed by atoms with Gasteiger partial charge in [0.25, 0.3) is 0 Å². The molecule has 19 heavy (non-hydrogen) atoms. The molecule has 0 radical (unpaired) electrons. The van der Waals surface area contributed by atoms with Crippen LogP contribution in [0.15, 0.2) is 48.5 Å². The third kappa shape index (κ3) is 2.43. The van der Waals surface area contributed by atoms with Gasteiger partial charge in [0.1, 0.15) is 0 Å². The van der Waals surface area contributed by atoms with Gasteiger partial charge >= 0.3 is 0 Å². The first-order valence-corrected chi connectivity index (χ1v) is 6.89. The van der Waals surface area contributed by atoms with E-state index in [0.717, 1.165) is 13.0 Å². The molecule has 2 aromatic carbocycles. The van der Waals surface area contributed by atoms with E-state index in [1.54, 1.807) is 0 Å². The van der Waals surface area contributed by atoms with Gasteiger partial charge in [-0.05, 0) is 42.7 Å². The van der Waals surface area contributed by atoms with Crippen molar-refractivity contribution in [2.24, 2.45) is 0 Å². The largest absolute Gasteiger partial charge is 0.379 e. The smallest absolute Gasteiger partial charge is 0.0485 e. The SMILES string of the molecule is CC(Nc1ccc2c(c1)CCN2C)c1ccccc1. The van der Waals surface area contributed by atoms with Crippen molar-refractivity contribution in [1.82, 2.24) is 0 Å². The van der Waals surface area contributed by atoms with Crippen LogP contribution in [0.3, 0.4) is 0 Å². The highest BCUT2D eigenvalue weighted by Crippen LogP contribution is 2.30. The number of nitrogens with one attached hydrogen (secondary N) is 1. The second kappa shape index (κ2) is 4.96. The monoisotopic (exact) mass is 252 g/mol. The zero-order valence-electron chi connectivity index (χ0n) is 11.6. The average Bonchev–Trinajstić information content (AvgIpc) is 2.81. The zero-order chi connectivity index (χ0) is 13.2. The van der Waals surface area contributed by atoms with Gasteiger partial charge in [0.15, 0.2) is 0 Å². The number of fused-ring (bicyclic) bond motifs is 1. The summed E-state index contributed by atoms with van der Waals surface area (Å²) in [5.41, 5.74) is 5.36. The van der Waals surface area contributed by atoms with Crippen LogP contribution in [-0.4, -0.2) is 13.6 Å². The molecule has 1 atom stereocenters. The van der Waals surface area contributed by atoms with Crippen LogP contribution in [0.1, 0.15) is 24.1 Å². The number of benzene rings is 2. The van der Waals surface area contributed by atoms with Crippen molar-refractivity contribution in [3.63, 3.8) is 0 Å². The van der Waals surface area contributed by atoms with Gasteiger partial charge < -0.3 is 10.2 Å². The van der Waals surface area contributed by atoms with Gasteiger partial charge in [0.2, 0.25) is 0 Å². The number of nitrogens with zero attached hydrogens (tertiary/aromatic N) is 1. The van der Waals surface area contributed by atoms with Crippen LogP contribution in [0.25, 0.3) is 0 Å². The quantitative estimate of drug-likeness (QED) is 0.892. The van der Waals surface area contributed by atoms with E-state index in [-0.39, 0.29) is 0 Å². The highest BCUT2D eigenvalue weighted by atomic mass is 15.1. The molecule has 0 saturated carbocycles. The van der Waals surface area contributed by atoms with Crippen molar-refractivity contribution in [3.05, 3.63) is 59.7 Å². The van der Waals surface area contributed by atoms with E-state index >= 15 is 0 Å². The predicted octanol–water partition coefficient (Wildman–Crippen LogP) is 3.85. The van der Waals surface area contributed by atoms with Crippen LogP contribution in [0.4, 0.5) is 11.4 Å². The fourth-order valence-corrected chi connectivity index (χ4v) is 2.73. The van der Waals surface area contributed by atoms with Crippen LogP contribution in [0.5, 0.6) is 0 Å². The molecule has 0 aromatic heterocycles. The molecule has 2 nitrogen and oxygen atoms in total. The number of rotatable bonds is 3. The maximum atomic E-state index is 3.58. The number of hydrogen-bond acceptors (Lipinski definition) is 2.